The summed E-state index contributed by atoms with van der Waals surface area (Å²) in [5.41, 5.74) is 1.24. The first-order chi connectivity index (χ1) is 13.0. The molecule has 0 radical (unpaired) electrons. The number of likely N-dealkylation sites (tertiary alicyclic amines) is 1. The zero-order valence-corrected chi connectivity index (χ0v) is 16.6. The Bertz CT molecular complexity index is 742. The number of amides is 2. The lowest BCUT2D eigenvalue weighted by molar-refractivity contribution is 0.178. The SMILES string of the molecule is CN(C)Cc1nnc(C2CCCN(C(=O)NCCc3ccccc3)C2)n1C. The van der Waals surface area contributed by atoms with Gasteiger partial charge in [-0.25, -0.2) is 4.79 Å². The van der Waals surface area contributed by atoms with Gasteiger partial charge in [0.25, 0.3) is 0 Å². The van der Waals surface area contributed by atoms with E-state index in [9.17, 15) is 4.79 Å². The summed E-state index contributed by atoms with van der Waals surface area (Å²) in [4.78, 5) is 16.6. The van der Waals surface area contributed by atoms with Crippen LogP contribution in [0.3, 0.4) is 0 Å². The molecule has 7 nitrogen and oxygen atoms in total. The molecule has 1 aromatic heterocycles. The van der Waals surface area contributed by atoms with Crippen LogP contribution in [-0.2, 0) is 20.0 Å². The van der Waals surface area contributed by atoms with Gasteiger partial charge in [0.15, 0.2) is 0 Å². The lowest BCUT2D eigenvalue weighted by atomic mass is 9.97. The van der Waals surface area contributed by atoms with Crippen molar-refractivity contribution in [2.75, 3.05) is 33.7 Å². The standard InChI is InChI=1S/C20H30N6O/c1-24(2)15-18-22-23-19(25(18)3)17-10-7-13-26(14-17)20(27)21-12-11-16-8-5-4-6-9-16/h4-6,8-9,17H,7,10-15H2,1-3H3,(H,21,27). The first kappa shape index (κ1) is 19.4. The minimum Gasteiger partial charge on any atom is -0.338 e. The molecule has 27 heavy (non-hydrogen) atoms. The first-order valence-electron chi connectivity index (χ1n) is 9.64. The Morgan fingerprint density at radius 2 is 2.04 bits per heavy atom. The molecule has 1 N–H and O–H groups in total. The Morgan fingerprint density at radius 3 is 2.78 bits per heavy atom. The molecule has 1 atom stereocenters. The van der Waals surface area contributed by atoms with Crippen molar-refractivity contribution in [2.24, 2.45) is 7.05 Å². The van der Waals surface area contributed by atoms with Gasteiger partial charge in [-0.05, 0) is 38.9 Å². The molecule has 2 heterocycles. The van der Waals surface area contributed by atoms with Crippen LogP contribution in [0.2, 0.25) is 0 Å². The fraction of sp³-hybridized carbons (Fsp3) is 0.550. The summed E-state index contributed by atoms with van der Waals surface area (Å²) in [6, 6.07) is 10.2. The smallest absolute Gasteiger partial charge is 0.317 e. The van der Waals surface area contributed by atoms with Gasteiger partial charge in [0.2, 0.25) is 0 Å². The minimum atomic E-state index is 0.0197. The van der Waals surface area contributed by atoms with E-state index in [2.05, 4.69) is 37.1 Å². The van der Waals surface area contributed by atoms with Crippen molar-refractivity contribution in [3.05, 3.63) is 47.5 Å². The third-order valence-corrected chi connectivity index (χ3v) is 5.06. The van der Waals surface area contributed by atoms with Crippen molar-refractivity contribution in [1.29, 1.82) is 0 Å². The first-order valence-corrected chi connectivity index (χ1v) is 9.64. The van der Waals surface area contributed by atoms with Crippen LogP contribution < -0.4 is 5.32 Å². The van der Waals surface area contributed by atoms with E-state index < -0.39 is 0 Å². The number of aromatic nitrogens is 3. The van der Waals surface area contributed by atoms with Crippen LogP contribution in [0.25, 0.3) is 0 Å². The third-order valence-electron chi connectivity index (χ3n) is 5.06. The Labute approximate surface area is 161 Å². The van der Waals surface area contributed by atoms with Gasteiger partial charge in [0.1, 0.15) is 11.6 Å². The number of hydrogen-bond acceptors (Lipinski definition) is 4. The van der Waals surface area contributed by atoms with Crippen LogP contribution in [0, 0.1) is 0 Å². The summed E-state index contributed by atoms with van der Waals surface area (Å²) < 4.78 is 2.08. The van der Waals surface area contributed by atoms with E-state index in [1.54, 1.807) is 0 Å². The summed E-state index contributed by atoms with van der Waals surface area (Å²) >= 11 is 0. The average Bonchev–Trinajstić information content (AvgIpc) is 3.02. The Hall–Kier alpha value is -2.41. The minimum absolute atomic E-state index is 0.0197. The number of hydrogen-bond donors (Lipinski definition) is 1. The Balaban J connectivity index is 1.54. The maximum absolute atomic E-state index is 12.6. The van der Waals surface area contributed by atoms with Gasteiger partial charge >= 0.3 is 6.03 Å². The highest BCUT2D eigenvalue weighted by atomic mass is 16.2. The van der Waals surface area contributed by atoms with Crippen LogP contribution in [0.5, 0.6) is 0 Å². The highest BCUT2D eigenvalue weighted by Crippen LogP contribution is 2.25. The Kier molecular flexibility index (Phi) is 6.45. The molecule has 146 valence electrons. The molecule has 2 amide bonds. The Morgan fingerprint density at radius 1 is 1.26 bits per heavy atom. The van der Waals surface area contributed by atoms with Crippen molar-refractivity contribution in [3.8, 4) is 0 Å². The lowest BCUT2D eigenvalue weighted by Crippen LogP contribution is -2.45. The normalized spacial score (nSPS) is 17.3. The molecule has 1 unspecified atom stereocenters. The van der Waals surface area contributed by atoms with Gasteiger partial charge in [-0.1, -0.05) is 30.3 Å². The maximum Gasteiger partial charge on any atom is 0.317 e. The van der Waals surface area contributed by atoms with Gasteiger partial charge in [-0.2, -0.15) is 0 Å². The van der Waals surface area contributed by atoms with Crippen LogP contribution in [0.4, 0.5) is 4.79 Å². The topological polar surface area (TPSA) is 66.3 Å². The molecule has 0 saturated carbocycles. The fourth-order valence-corrected chi connectivity index (χ4v) is 3.59. The molecular weight excluding hydrogens is 340 g/mol. The summed E-state index contributed by atoms with van der Waals surface area (Å²) in [6.45, 7) is 2.92. The van der Waals surface area contributed by atoms with Crippen molar-refractivity contribution < 1.29 is 4.79 Å². The van der Waals surface area contributed by atoms with Crippen molar-refractivity contribution in [2.45, 2.75) is 31.7 Å². The molecule has 2 aromatic rings. The highest BCUT2D eigenvalue weighted by Gasteiger charge is 2.28. The number of nitrogens with one attached hydrogen (secondary N) is 1. The van der Waals surface area contributed by atoms with E-state index in [1.807, 2.05) is 44.2 Å². The largest absolute Gasteiger partial charge is 0.338 e. The predicted octanol–water partition coefficient (Wildman–Crippen LogP) is 2.01. The number of piperidine rings is 1. The molecule has 0 bridgehead atoms. The lowest BCUT2D eigenvalue weighted by Gasteiger charge is -2.32. The van der Waals surface area contributed by atoms with E-state index in [-0.39, 0.29) is 11.9 Å². The third kappa shape index (κ3) is 5.07. The van der Waals surface area contributed by atoms with Crippen LogP contribution in [0.1, 0.15) is 36.0 Å². The van der Waals surface area contributed by atoms with Gasteiger partial charge in [0.05, 0.1) is 6.54 Å². The number of carbonyl (C=O) groups is 1. The molecular formula is C20H30N6O. The number of benzene rings is 1. The van der Waals surface area contributed by atoms with Gasteiger partial charge < -0.3 is 19.7 Å². The molecule has 1 aliphatic rings. The summed E-state index contributed by atoms with van der Waals surface area (Å²) in [5.74, 6) is 2.18. The van der Waals surface area contributed by atoms with Gasteiger partial charge in [0, 0.05) is 32.6 Å². The molecule has 1 aromatic carbocycles. The zero-order valence-electron chi connectivity index (χ0n) is 16.6. The van der Waals surface area contributed by atoms with E-state index in [0.29, 0.717) is 13.1 Å². The predicted molar refractivity (Wildman–Crippen MR) is 105 cm³/mol. The van der Waals surface area contributed by atoms with Crippen molar-refractivity contribution in [1.82, 2.24) is 29.9 Å². The molecule has 1 aliphatic heterocycles. The molecule has 3 rings (SSSR count). The number of carbonyl (C=O) groups excluding carboxylic acids is 1. The number of rotatable bonds is 6. The quantitative estimate of drug-likeness (QED) is 0.845. The highest BCUT2D eigenvalue weighted by molar-refractivity contribution is 5.74. The average molecular weight is 371 g/mol. The maximum atomic E-state index is 12.6. The molecule has 7 heteroatoms. The van der Waals surface area contributed by atoms with Crippen molar-refractivity contribution in [3.63, 3.8) is 0 Å². The van der Waals surface area contributed by atoms with Crippen molar-refractivity contribution >= 4 is 6.03 Å². The summed E-state index contributed by atoms with van der Waals surface area (Å²) in [6.07, 6.45) is 2.88. The second-order valence-corrected chi connectivity index (χ2v) is 7.52. The molecule has 0 aliphatic carbocycles. The van der Waals surface area contributed by atoms with Gasteiger partial charge in [-0.3, -0.25) is 0 Å². The van der Waals surface area contributed by atoms with Crippen LogP contribution in [-0.4, -0.2) is 64.3 Å². The van der Waals surface area contributed by atoms with E-state index in [4.69, 9.17) is 0 Å². The monoisotopic (exact) mass is 370 g/mol. The number of nitrogens with zero attached hydrogens (tertiary/aromatic N) is 5. The van der Waals surface area contributed by atoms with Crippen LogP contribution >= 0.6 is 0 Å². The molecule has 1 fully saturated rings. The molecule has 0 spiro atoms. The zero-order chi connectivity index (χ0) is 19.2. The second-order valence-electron chi connectivity index (χ2n) is 7.52. The molecule has 1 saturated heterocycles. The van der Waals surface area contributed by atoms with Crippen LogP contribution in [0.15, 0.2) is 30.3 Å². The fourth-order valence-electron chi connectivity index (χ4n) is 3.59. The second kappa shape index (κ2) is 8.99. The number of urea groups is 1. The van der Waals surface area contributed by atoms with Gasteiger partial charge in [-0.15, -0.1) is 10.2 Å². The van der Waals surface area contributed by atoms with E-state index in [0.717, 1.165) is 44.0 Å². The van der Waals surface area contributed by atoms with E-state index >= 15 is 0 Å². The summed E-state index contributed by atoms with van der Waals surface area (Å²) in [7, 11) is 6.07. The summed E-state index contributed by atoms with van der Waals surface area (Å²) in [5, 5.41) is 11.8. The van der Waals surface area contributed by atoms with E-state index in [1.165, 1.54) is 5.56 Å².